The average molecular weight is 265 g/mol. The van der Waals surface area contributed by atoms with Crippen LogP contribution in [0.25, 0.3) is 0 Å². The molecule has 3 rings (SSSR count). The first kappa shape index (κ1) is 12.4. The van der Waals surface area contributed by atoms with Crippen LogP contribution in [0, 0.1) is 11.3 Å². The SMILES string of the molecule is N#Cc1ccnc(Nc2ccc(N3CCCC3)cc2)n1. The minimum atomic E-state index is 0.358. The highest BCUT2D eigenvalue weighted by atomic mass is 15.1. The maximum absolute atomic E-state index is 8.81. The molecule has 5 heteroatoms. The number of benzene rings is 1. The third kappa shape index (κ3) is 2.69. The van der Waals surface area contributed by atoms with Crippen molar-refractivity contribution in [2.24, 2.45) is 0 Å². The number of hydrogen-bond donors (Lipinski definition) is 1. The summed E-state index contributed by atoms with van der Waals surface area (Å²) in [7, 11) is 0. The summed E-state index contributed by atoms with van der Waals surface area (Å²) in [6.07, 6.45) is 4.12. The van der Waals surface area contributed by atoms with Crippen LogP contribution in [0.5, 0.6) is 0 Å². The summed E-state index contributed by atoms with van der Waals surface area (Å²) in [5, 5.41) is 11.9. The lowest BCUT2D eigenvalue weighted by atomic mass is 10.2. The molecular formula is C15H15N5. The lowest BCUT2D eigenvalue weighted by molar-refractivity contribution is 0.949. The summed E-state index contributed by atoms with van der Waals surface area (Å²) >= 11 is 0. The molecular weight excluding hydrogens is 250 g/mol. The second kappa shape index (κ2) is 5.57. The molecule has 1 aliphatic rings. The number of hydrogen-bond acceptors (Lipinski definition) is 5. The van der Waals surface area contributed by atoms with Gasteiger partial charge in [0.1, 0.15) is 11.8 Å². The fourth-order valence-electron chi connectivity index (χ4n) is 2.34. The summed E-state index contributed by atoms with van der Waals surface area (Å²) in [4.78, 5) is 10.6. The van der Waals surface area contributed by atoms with Gasteiger partial charge in [0, 0.05) is 30.7 Å². The molecule has 1 aromatic heterocycles. The molecule has 1 saturated heterocycles. The van der Waals surface area contributed by atoms with Crippen molar-refractivity contribution < 1.29 is 0 Å². The Morgan fingerprint density at radius 1 is 1.10 bits per heavy atom. The van der Waals surface area contributed by atoms with Crippen molar-refractivity contribution >= 4 is 17.3 Å². The molecule has 0 atom stereocenters. The smallest absolute Gasteiger partial charge is 0.228 e. The number of anilines is 3. The number of nitrogens with one attached hydrogen (secondary N) is 1. The van der Waals surface area contributed by atoms with Crippen molar-refractivity contribution in [3.05, 3.63) is 42.2 Å². The molecule has 0 amide bonds. The average Bonchev–Trinajstić information content (AvgIpc) is 3.02. The number of aromatic nitrogens is 2. The van der Waals surface area contributed by atoms with Crippen LogP contribution in [0.15, 0.2) is 36.5 Å². The van der Waals surface area contributed by atoms with E-state index < -0.39 is 0 Å². The predicted molar refractivity (Wildman–Crippen MR) is 77.9 cm³/mol. The first-order chi connectivity index (χ1) is 9.85. The van der Waals surface area contributed by atoms with Gasteiger partial charge in [-0.25, -0.2) is 9.97 Å². The van der Waals surface area contributed by atoms with E-state index in [9.17, 15) is 0 Å². The molecule has 100 valence electrons. The van der Waals surface area contributed by atoms with E-state index in [2.05, 4.69) is 32.3 Å². The van der Waals surface area contributed by atoms with E-state index in [4.69, 9.17) is 5.26 Å². The Morgan fingerprint density at radius 3 is 2.55 bits per heavy atom. The van der Waals surface area contributed by atoms with Crippen LogP contribution >= 0.6 is 0 Å². The quantitative estimate of drug-likeness (QED) is 0.924. The van der Waals surface area contributed by atoms with E-state index >= 15 is 0 Å². The van der Waals surface area contributed by atoms with Crippen molar-refractivity contribution in [2.75, 3.05) is 23.3 Å². The van der Waals surface area contributed by atoms with E-state index in [-0.39, 0.29) is 0 Å². The van der Waals surface area contributed by atoms with E-state index in [1.807, 2.05) is 18.2 Å². The monoisotopic (exact) mass is 265 g/mol. The largest absolute Gasteiger partial charge is 0.372 e. The van der Waals surface area contributed by atoms with Crippen molar-refractivity contribution in [3.63, 3.8) is 0 Å². The molecule has 2 heterocycles. The van der Waals surface area contributed by atoms with Gasteiger partial charge >= 0.3 is 0 Å². The number of nitrogens with zero attached hydrogens (tertiary/aromatic N) is 4. The van der Waals surface area contributed by atoms with Gasteiger partial charge in [-0.15, -0.1) is 0 Å². The van der Waals surface area contributed by atoms with E-state index in [0.717, 1.165) is 18.8 Å². The van der Waals surface area contributed by atoms with Crippen LogP contribution in [0.1, 0.15) is 18.5 Å². The molecule has 1 fully saturated rings. The molecule has 0 aliphatic carbocycles. The van der Waals surface area contributed by atoms with Gasteiger partial charge in [0.15, 0.2) is 0 Å². The summed E-state index contributed by atoms with van der Waals surface area (Å²) in [6.45, 7) is 2.28. The topological polar surface area (TPSA) is 64.8 Å². The van der Waals surface area contributed by atoms with Crippen LogP contribution in [-0.4, -0.2) is 23.1 Å². The van der Waals surface area contributed by atoms with Gasteiger partial charge in [0.2, 0.25) is 5.95 Å². The molecule has 0 bridgehead atoms. The Morgan fingerprint density at radius 2 is 1.85 bits per heavy atom. The third-order valence-electron chi connectivity index (χ3n) is 3.36. The molecule has 20 heavy (non-hydrogen) atoms. The molecule has 0 saturated carbocycles. The standard InChI is InChI=1S/C15H15N5/c16-11-13-7-8-17-15(19-13)18-12-3-5-14(6-4-12)20-9-1-2-10-20/h3-8H,1-2,9-10H2,(H,17,18,19). The van der Waals surface area contributed by atoms with Gasteiger partial charge in [0.25, 0.3) is 0 Å². The van der Waals surface area contributed by atoms with Crippen LogP contribution in [0.4, 0.5) is 17.3 Å². The summed E-state index contributed by atoms with van der Waals surface area (Å²) in [6, 6.07) is 11.8. The van der Waals surface area contributed by atoms with Gasteiger partial charge in [-0.3, -0.25) is 0 Å². The maximum Gasteiger partial charge on any atom is 0.228 e. The molecule has 2 aromatic rings. The fourth-order valence-corrected chi connectivity index (χ4v) is 2.34. The molecule has 1 aromatic carbocycles. The van der Waals surface area contributed by atoms with Gasteiger partial charge in [-0.2, -0.15) is 5.26 Å². The highest BCUT2D eigenvalue weighted by Crippen LogP contribution is 2.23. The molecule has 0 radical (unpaired) electrons. The molecule has 5 nitrogen and oxygen atoms in total. The summed E-state index contributed by atoms with van der Waals surface area (Å²) in [5.74, 6) is 0.443. The van der Waals surface area contributed by atoms with Crippen molar-refractivity contribution in [2.45, 2.75) is 12.8 Å². The molecule has 1 aliphatic heterocycles. The fraction of sp³-hybridized carbons (Fsp3) is 0.267. The molecule has 0 unspecified atom stereocenters. The van der Waals surface area contributed by atoms with Crippen molar-refractivity contribution in [3.8, 4) is 6.07 Å². The zero-order valence-electron chi connectivity index (χ0n) is 11.1. The second-order valence-electron chi connectivity index (χ2n) is 4.74. The van der Waals surface area contributed by atoms with Crippen molar-refractivity contribution in [1.29, 1.82) is 5.26 Å². The van der Waals surface area contributed by atoms with E-state index in [1.165, 1.54) is 18.5 Å². The maximum atomic E-state index is 8.81. The minimum absolute atomic E-state index is 0.358. The predicted octanol–water partition coefficient (Wildman–Crippen LogP) is 2.69. The van der Waals surface area contributed by atoms with Gasteiger partial charge < -0.3 is 10.2 Å². The Hall–Kier alpha value is -2.61. The number of nitriles is 1. The van der Waals surface area contributed by atoms with Crippen LogP contribution in [0.2, 0.25) is 0 Å². The lowest BCUT2D eigenvalue weighted by Gasteiger charge is -2.17. The zero-order valence-corrected chi connectivity index (χ0v) is 11.1. The van der Waals surface area contributed by atoms with Crippen LogP contribution < -0.4 is 10.2 Å². The first-order valence-electron chi connectivity index (χ1n) is 6.70. The highest BCUT2D eigenvalue weighted by molar-refractivity contribution is 5.59. The zero-order chi connectivity index (χ0) is 13.8. The Kier molecular flexibility index (Phi) is 3.46. The highest BCUT2D eigenvalue weighted by Gasteiger charge is 2.11. The third-order valence-corrected chi connectivity index (χ3v) is 3.36. The normalized spacial score (nSPS) is 14.1. The molecule has 0 spiro atoms. The lowest BCUT2D eigenvalue weighted by Crippen LogP contribution is -2.17. The van der Waals surface area contributed by atoms with Gasteiger partial charge in [-0.05, 0) is 43.2 Å². The van der Waals surface area contributed by atoms with E-state index in [0.29, 0.717) is 11.6 Å². The van der Waals surface area contributed by atoms with Crippen LogP contribution in [-0.2, 0) is 0 Å². The summed E-state index contributed by atoms with van der Waals surface area (Å²) in [5.41, 5.74) is 2.53. The second-order valence-corrected chi connectivity index (χ2v) is 4.74. The Balaban J connectivity index is 1.73. The van der Waals surface area contributed by atoms with Crippen LogP contribution in [0.3, 0.4) is 0 Å². The van der Waals surface area contributed by atoms with Gasteiger partial charge in [-0.1, -0.05) is 0 Å². The molecule has 1 N–H and O–H groups in total. The minimum Gasteiger partial charge on any atom is -0.372 e. The first-order valence-corrected chi connectivity index (χ1v) is 6.70. The van der Waals surface area contributed by atoms with Gasteiger partial charge in [0.05, 0.1) is 0 Å². The Labute approximate surface area is 117 Å². The van der Waals surface area contributed by atoms with Crippen molar-refractivity contribution in [1.82, 2.24) is 9.97 Å². The Bertz CT molecular complexity index is 623. The number of rotatable bonds is 3. The summed E-state index contributed by atoms with van der Waals surface area (Å²) < 4.78 is 0. The van der Waals surface area contributed by atoms with E-state index in [1.54, 1.807) is 12.3 Å².